The quantitative estimate of drug-likeness (QED) is 0.0242. The molecule has 0 saturated carbocycles. The van der Waals surface area contributed by atoms with Gasteiger partial charge in [0.05, 0.1) is 19.6 Å². The van der Waals surface area contributed by atoms with E-state index in [4.69, 9.17) is 34.4 Å². The van der Waals surface area contributed by atoms with Crippen LogP contribution in [-0.4, -0.2) is 241 Å². The van der Waals surface area contributed by atoms with Crippen LogP contribution in [0.5, 0.6) is 17.2 Å². The summed E-state index contributed by atoms with van der Waals surface area (Å²) in [6.45, 7) is 9.52. The predicted molar refractivity (Wildman–Crippen MR) is 303 cm³/mol. The highest BCUT2D eigenvalue weighted by Crippen LogP contribution is 2.14. The van der Waals surface area contributed by atoms with Crippen LogP contribution in [-0.2, 0) is 28.8 Å². The number of para-hydroxylation sites is 3. The standard InChI is InChI=1S/C33H39N7O6.C12H27N7O3.C6H18N4/c41-28-10-4-1-7-25(28)19-34-22-31(44)37-13-16-40(17-14-38-32(45)23-35-20-26-8-2-5-11-29(26)42)18-15-39-33(46)24-36-21-27-9-3-6-12-30(27)43;13-7-10(20)16-1-4-19(5-2-17-11(21)8-14)6-3-18-12(22)9-15;7-1-4-10(5-2-8)6-3-9/h1-12,19-21,41-43H,13-18,22-24H2,(H,37,44)(H,38,45)(H,39,46);1-9,13-15H2,(H,16,20)(H,17,21)(H,18,22);1-9H2. The molecule has 0 heterocycles. The lowest BCUT2D eigenvalue weighted by Gasteiger charge is -2.22. The Morgan fingerprint density at radius 2 is 0.577 bits per heavy atom. The molecule has 3 rings (SSSR count). The normalized spacial score (nSPS) is 11.0. The van der Waals surface area contributed by atoms with E-state index >= 15 is 0 Å². The first-order valence-electron chi connectivity index (χ1n) is 25.5. The van der Waals surface area contributed by atoms with Gasteiger partial charge in [-0.3, -0.25) is 58.4 Å². The number of benzene rings is 3. The molecule has 0 aliphatic carbocycles. The minimum atomic E-state index is -0.294. The first-order chi connectivity index (χ1) is 37.7. The third kappa shape index (κ3) is 35.0. The van der Waals surface area contributed by atoms with Gasteiger partial charge in [-0.25, -0.2) is 0 Å². The Morgan fingerprint density at radius 3 is 0.795 bits per heavy atom. The zero-order valence-electron chi connectivity index (χ0n) is 44.6. The van der Waals surface area contributed by atoms with Gasteiger partial charge in [-0.1, -0.05) is 36.4 Å². The number of carbonyl (C=O) groups is 6. The lowest BCUT2D eigenvalue weighted by atomic mass is 10.2. The van der Waals surface area contributed by atoms with Crippen molar-refractivity contribution in [2.45, 2.75) is 0 Å². The van der Waals surface area contributed by atoms with Crippen molar-refractivity contribution >= 4 is 54.1 Å². The van der Waals surface area contributed by atoms with Crippen LogP contribution in [0.1, 0.15) is 16.7 Å². The first kappa shape index (κ1) is 68.5. The average molecular weight is 1090 g/mol. The van der Waals surface area contributed by atoms with Crippen molar-refractivity contribution in [3.05, 3.63) is 89.5 Å². The van der Waals surface area contributed by atoms with Gasteiger partial charge in [0.1, 0.15) is 36.9 Å². The molecule has 0 unspecified atom stereocenters. The Labute approximate surface area is 456 Å². The van der Waals surface area contributed by atoms with Crippen LogP contribution in [0.3, 0.4) is 0 Å². The molecule has 0 fully saturated rings. The molecule has 0 aliphatic rings. The van der Waals surface area contributed by atoms with E-state index in [0.29, 0.717) is 115 Å². The van der Waals surface area contributed by atoms with Gasteiger partial charge in [0.25, 0.3) is 0 Å². The zero-order chi connectivity index (χ0) is 57.6. The van der Waals surface area contributed by atoms with Crippen LogP contribution in [0.2, 0.25) is 0 Å². The number of nitrogens with zero attached hydrogens (tertiary/aromatic N) is 6. The van der Waals surface area contributed by atoms with E-state index in [1.54, 1.807) is 54.6 Å². The van der Waals surface area contributed by atoms with Crippen molar-refractivity contribution in [1.82, 2.24) is 46.6 Å². The van der Waals surface area contributed by atoms with Crippen LogP contribution in [0, 0.1) is 0 Å². The number of rotatable bonds is 36. The number of nitrogens with two attached hydrogens (primary N) is 6. The molecule has 3 aromatic carbocycles. The number of hydrogen-bond acceptors (Lipinski definition) is 21. The van der Waals surface area contributed by atoms with E-state index in [-0.39, 0.29) is 92.0 Å². The highest BCUT2D eigenvalue weighted by atomic mass is 16.3. The molecular weight excluding hydrogens is 1010 g/mol. The molecule has 0 bridgehead atoms. The predicted octanol–water partition coefficient (Wildman–Crippen LogP) is -5.21. The Balaban J connectivity index is 0.000000783. The van der Waals surface area contributed by atoms with Gasteiger partial charge in [-0.15, -0.1) is 0 Å². The fraction of sp³-hybridized carbons (Fsp3) is 0.471. The Kier molecular flexibility index (Phi) is 39.2. The van der Waals surface area contributed by atoms with E-state index in [0.717, 1.165) is 19.6 Å². The second kappa shape index (κ2) is 44.6. The number of amides is 6. The van der Waals surface area contributed by atoms with Crippen molar-refractivity contribution < 1.29 is 44.1 Å². The van der Waals surface area contributed by atoms with Gasteiger partial charge in [-0.2, -0.15) is 0 Å². The molecule has 21 N–H and O–H groups in total. The van der Waals surface area contributed by atoms with Crippen molar-refractivity contribution in [3.63, 3.8) is 0 Å². The van der Waals surface area contributed by atoms with Crippen LogP contribution in [0.25, 0.3) is 0 Å². The minimum absolute atomic E-state index is 0.0564. The molecule has 432 valence electrons. The Bertz CT molecular complexity index is 2030. The molecular formula is C51H84N18O9. The third-order valence-electron chi connectivity index (χ3n) is 10.6. The Morgan fingerprint density at radius 1 is 0.359 bits per heavy atom. The van der Waals surface area contributed by atoms with Crippen molar-refractivity contribution in [3.8, 4) is 17.2 Å². The van der Waals surface area contributed by atoms with E-state index in [9.17, 15) is 44.1 Å². The summed E-state index contributed by atoms with van der Waals surface area (Å²) in [5, 5.41) is 45.8. The lowest BCUT2D eigenvalue weighted by molar-refractivity contribution is -0.120. The summed E-state index contributed by atoms with van der Waals surface area (Å²) in [5.74, 6) is -1.34. The molecule has 3 aromatic rings. The molecule has 78 heavy (non-hydrogen) atoms. The maximum atomic E-state index is 12.3. The van der Waals surface area contributed by atoms with Crippen LogP contribution >= 0.6 is 0 Å². The summed E-state index contributed by atoms with van der Waals surface area (Å²) >= 11 is 0. The molecule has 27 nitrogen and oxygen atoms in total. The average Bonchev–Trinajstić information content (AvgIpc) is 3.42. The molecule has 0 aromatic heterocycles. The third-order valence-corrected chi connectivity index (χ3v) is 10.6. The number of phenols is 3. The monoisotopic (exact) mass is 1090 g/mol. The molecule has 0 radical (unpaired) electrons. The number of carbonyl (C=O) groups excluding carboxylic acids is 6. The second-order valence-electron chi connectivity index (χ2n) is 16.7. The number of aliphatic imine (C=N–C) groups is 3. The summed E-state index contributed by atoms with van der Waals surface area (Å²) in [6.07, 6.45) is 4.31. The molecule has 0 saturated heterocycles. The summed E-state index contributed by atoms with van der Waals surface area (Å²) in [5.41, 5.74) is 33.2. The van der Waals surface area contributed by atoms with E-state index < -0.39 is 0 Å². The van der Waals surface area contributed by atoms with Gasteiger partial charge in [0.2, 0.25) is 35.4 Å². The second-order valence-corrected chi connectivity index (χ2v) is 16.7. The highest BCUT2D eigenvalue weighted by Gasteiger charge is 2.11. The largest absolute Gasteiger partial charge is 0.507 e. The van der Waals surface area contributed by atoms with E-state index in [1.165, 1.54) is 36.8 Å². The SMILES string of the molecule is NCC(=O)NCCN(CCNC(=O)CN)CCNC(=O)CN.NCCN(CCN)CCN.O=C(CN=Cc1ccccc1O)NCCN(CCNC(=O)CN=Cc1ccccc1O)CCNC(=O)CN=Cc1ccccc1O. The van der Waals surface area contributed by atoms with E-state index in [2.05, 4.69) is 51.8 Å². The lowest BCUT2D eigenvalue weighted by Crippen LogP contribution is -2.44. The van der Waals surface area contributed by atoms with Gasteiger partial charge < -0.3 is 81.6 Å². The summed E-state index contributed by atoms with van der Waals surface area (Å²) < 4.78 is 0. The molecule has 0 atom stereocenters. The van der Waals surface area contributed by atoms with Gasteiger partial charge in [0, 0.05) is 153 Å². The van der Waals surface area contributed by atoms with Crippen molar-refractivity contribution in [1.29, 1.82) is 0 Å². The fourth-order valence-corrected chi connectivity index (χ4v) is 6.53. The van der Waals surface area contributed by atoms with Gasteiger partial charge >= 0.3 is 0 Å². The summed E-state index contributed by atoms with van der Waals surface area (Å²) in [7, 11) is 0. The number of hydrogen-bond donors (Lipinski definition) is 15. The molecule has 6 amide bonds. The maximum Gasteiger partial charge on any atom is 0.241 e. The topological polar surface area (TPSA) is 438 Å². The van der Waals surface area contributed by atoms with Gasteiger partial charge in [0.15, 0.2) is 0 Å². The van der Waals surface area contributed by atoms with E-state index in [1.807, 2.05) is 9.80 Å². The molecule has 0 aliphatic heterocycles. The summed E-state index contributed by atoms with van der Waals surface area (Å²) in [4.78, 5) is 88.4. The minimum Gasteiger partial charge on any atom is -0.507 e. The van der Waals surface area contributed by atoms with Gasteiger partial charge in [-0.05, 0) is 36.4 Å². The van der Waals surface area contributed by atoms with Crippen LogP contribution < -0.4 is 66.3 Å². The number of aromatic hydroxyl groups is 3. The zero-order valence-corrected chi connectivity index (χ0v) is 44.6. The molecule has 0 spiro atoms. The van der Waals surface area contributed by atoms with Crippen molar-refractivity contribution in [2.75, 3.05) is 157 Å². The highest BCUT2D eigenvalue weighted by molar-refractivity contribution is 5.88. The number of phenolic OH excluding ortho intramolecular Hbond substituents is 3. The van der Waals surface area contributed by atoms with Crippen LogP contribution in [0.15, 0.2) is 87.8 Å². The summed E-state index contributed by atoms with van der Waals surface area (Å²) in [6, 6.07) is 20.0. The smallest absolute Gasteiger partial charge is 0.241 e. The maximum absolute atomic E-state index is 12.3. The first-order valence-corrected chi connectivity index (χ1v) is 25.5. The molecule has 27 heteroatoms. The van der Waals surface area contributed by atoms with Crippen molar-refractivity contribution in [2.24, 2.45) is 49.4 Å². The fourth-order valence-electron chi connectivity index (χ4n) is 6.53. The Hall–Kier alpha value is -7.47. The van der Waals surface area contributed by atoms with Crippen LogP contribution in [0.4, 0.5) is 0 Å². The number of nitrogens with one attached hydrogen (secondary N) is 6.